The standard InChI is InChI=1S/C25H36N4O6S/c1-16-12-17(2)14-18(13-16)21(22(31)27-15-20(30)34-6)29(10-9-26)23(32)19(8-11-36-7)28-24(33)35-25(3,4)5/h12-14,19,21H,8,10-11,15H2,1-7H3,(H,27,31)(H,28,33). The second-order valence-electron chi connectivity index (χ2n) is 9.22. The minimum Gasteiger partial charge on any atom is -0.468 e. The van der Waals surface area contributed by atoms with Gasteiger partial charge in [-0.05, 0) is 58.6 Å². The van der Waals surface area contributed by atoms with E-state index >= 15 is 0 Å². The fourth-order valence-corrected chi connectivity index (χ4v) is 3.96. The average Bonchev–Trinajstić information content (AvgIpc) is 2.77. The Labute approximate surface area is 217 Å². The molecule has 0 fully saturated rings. The number of alkyl carbamates (subject to hydrolysis) is 1. The first kappa shape index (κ1) is 30.8. The second kappa shape index (κ2) is 14.3. The van der Waals surface area contributed by atoms with E-state index in [0.717, 1.165) is 16.0 Å². The number of hydrogen-bond acceptors (Lipinski definition) is 8. The summed E-state index contributed by atoms with van der Waals surface area (Å²) in [6.45, 7) is 7.98. The van der Waals surface area contributed by atoms with E-state index in [0.29, 0.717) is 11.3 Å². The van der Waals surface area contributed by atoms with Gasteiger partial charge < -0.3 is 25.0 Å². The number of nitrogens with zero attached hydrogens (tertiary/aromatic N) is 2. The van der Waals surface area contributed by atoms with Gasteiger partial charge in [0.1, 0.15) is 30.8 Å². The molecule has 2 N–H and O–H groups in total. The quantitative estimate of drug-likeness (QED) is 0.335. The normalized spacial score (nSPS) is 12.5. The van der Waals surface area contributed by atoms with Crippen LogP contribution >= 0.6 is 11.8 Å². The van der Waals surface area contributed by atoms with Gasteiger partial charge in [0.15, 0.2) is 0 Å². The van der Waals surface area contributed by atoms with Crippen molar-refractivity contribution >= 4 is 35.6 Å². The lowest BCUT2D eigenvalue weighted by atomic mass is 9.98. The summed E-state index contributed by atoms with van der Waals surface area (Å²) in [6, 6.07) is 5.08. The van der Waals surface area contributed by atoms with Crippen LogP contribution in [0.5, 0.6) is 0 Å². The smallest absolute Gasteiger partial charge is 0.408 e. The predicted octanol–water partition coefficient (Wildman–Crippen LogP) is 2.63. The van der Waals surface area contributed by atoms with Crippen molar-refractivity contribution in [3.63, 3.8) is 0 Å². The first-order chi connectivity index (χ1) is 16.8. The van der Waals surface area contributed by atoms with Crippen molar-refractivity contribution in [3.8, 4) is 6.07 Å². The van der Waals surface area contributed by atoms with Gasteiger partial charge in [-0.3, -0.25) is 14.4 Å². The summed E-state index contributed by atoms with van der Waals surface area (Å²) < 4.78 is 9.91. The lowest BCUT2D eigenvalue weighted by Crippen LogP contribution is -2.53. The van der Waals surface area contributed by atoms with Crippen molar-refractivity contribution < 1.29 is 28.7 Å². The number of amides is 3. The van der Waals surface area contributed by atoms with Crippen molar-refractivity contribution in [1.29, 1.82) is 5.26 Å². The van der Waals surface area contributed by atoms with Crippen LogP contribution in [0.15, 0.2) is 18.2 Å². The van der Waals surface area contributed by atoms with Gasteiger partial charge in [0.2, 0.25) is 11.8 Å². The zero-order valence-electron chi connectivity index (χ0n) is 22.0. The Balaban J connectivity index is 3.47. The van der Waals surface area contributed by atoms with Gasteiger partial charge >= 0.3 is 12.1 Å². The number of rotatable bonds is 11. The van der Waals surface area contributed by atoms with Crippen molar-refractivity contribution in [2.45, 2.75) is 58.7 Å². The van der Waals surface area contributed by atoms with Crippen molar-refractivity contribution in [1.82, 2.24) is 15.5 Å². The van der Waals surface area contributed by atoms with Crippen LogP contribution in [0.4, 0.5) is 4.79 Å². The molecular weight excluding hydrogens is 484 g/mol. The number of ether oxygens (including phenoxy) is 2. The largest absolute Gasteiger partial charge is 0.468 e. The average molecular weight is 521 g/mol. The monoisotopic (exact) mass is 520 g/mol. The topological polar surface area (TPSA) is 138 Å². The first-order valence-corrected chi connectivity index (χ1v) is 12.8. The molecule has 0 saturated heterocycles. The van der Waals surface area contributed by atoms with Gasteiger partial charge in [0.25, 0.3) is 0 Å². The summed E-state index contributed by atoms with van der Waals surface area (Å²) in [4.78, 5) is 52.3. The summed E-state index contributed by atoms with van der Waals surface area (Å²) in [5.74, 6) is -1.40. The van der Waals surface area contributed by atoms with E-state index in [4.69, 9.17) is 4.74 Å². The van der Waals surface area contributed by atoms with E-state index in [2.05, 4.69) is 15.4 Å². The number of hydrogen-bond donors (Lipinski definition) is 2. The Kier molecular flexibility index (Phi) is 12.3. The molecule has 0 aliphatic rings. The van der Waals surface area contributed by atoms with Gasteiger partial charge in [0, 0.05) is 0 Å². The van der Waals surface area contributed by atoms with Crippen molar-refractivity contribution in [2.75, 3.05) is 32.2 Å². The van der Waals surface area contributed by atoms with E-state index in [1.54, 1.807) is 32.9 Å². The Hall–Kier alpha value is -3.26. The van der Waals surface area contributed by atoms with E-state index in [-0.39, 0.29) is 6.42 Å². The fourth-order valence-electron chi connectivity index (χ4n) is 3.48. The molecule has 11 heteroatoms. The van der Waals surface area contributed by atoms with Crippen molar-refractivity contribution in [2.24, 2.45) is 0 Å². The molecule has 0 aromatic heterocycles. The maximum Gasteiger partial charge on any atom is 0.408 e. The zero-order valence-corrected chi connectivity index (χ0v) is 22.8. The summed E-state index contributed by atoms with van der Waals surface area (Å²) in [7, 11) is 1.19. The van der Waals surface area contributed by atoms with E-state index < -0.39 is 54.7 Å². The van der Waals surface area contributed by atoms with Crippen LogP contribution in [0.3, 0.4) is 0 Å². The predicted molar refractivity (Wildman–Crippen MR) is 137 cm³/mol. The highest BCUT2D eigenvalue weighted by Gasteiger charge is 2.36. The summed E-state index contributed by atoms with van der Waals surface area (Å²) >= 11 is 1.48. The van der Waals surface area contributed by atoms with Crippen LogP contribution in [0.25, 0.3) is 0 Å². The fraction of sp³-hybridized carbons (Fsp3) is 0.560. The molecule has 1 aromatic carbocycles. The molecule has 1 rings (SSSR count). The Morgan fingerprint density at radius 2 is 1.75 bits per heavy atom. The van der Waals surface area contributed by atoms with Crippen LogP contribution in [-0.2, 0) is 23.9 Å². The minimum atomic E-state index is -1.22. The highest BCUT2D eigenvalue weighted by molar-refractivity contribution is 7.98. The Morgan fingerprint density at radius 3 is 2.25 bits per heavy atom. The third-order valence-corrected chi connectivity index (χ3v) is 5.52. The highest BCUT2D eigenvalue weighted by Crippen LogP contribution is 2.25. The van der Waals surface area contributed by atoms with Gasteiger partial charge in [0.05, 0.1) is 13.2 Å². The van der Waals surface area contributed by atoms with Crippen LogP contribution in [0, 0.1) is 25.2 Å². The third kappa shape index (κ3) is 10.2. The SMILES string of the molecule is COC(=O)CNC(=O)C(c1cc(C)cc(C)c1)N(CC#N)C(=O)C(CCSC)NC(=O)OC(C)(C)C. The molecule has 0 heterocycles. The zero-order chi connectivity index (χ0) is 27.5. The number of methoxy groups -OCH3 is 1. The minimum absolute atomic E-state index is 0.254. The van der Waals surface area contributed by atoms with Crippen LogP contribution in [0.2, 0.25) is 0 Å². The molecule has 2 atom stereocenters. The molecule has 0 spiro atoms. The number of carbonyl (C=O) groups is 4. The molecule has 0 aliphatic carbocycles. The molecule has 36 heavy (non-hydrogen) atoms. The Bertz CT molecular complexity index is 965. The first-order valence-electron chi connectivity index (χ1n) is 11.4. The van der Waals surface area contributed by atoms with Crippen LogP contribution in [0.1, 0.15) is 49.9 Å². The number of benzene rings is 1. The molecule has 0 aliphatic heterocycles. The summed E-state index contributed by atoms with van der Waals surface area (Å²) in [5.41, 5.74) is 1.40. The van der Waals surface area contributed by atoms with Gasteiger partial charge in [-0.2, -0.15) is 17.0 Å². The number of thioether (sulfide) groups is 1. The van der Waals surface area contributed by atoms with Crippen LogP contribution in [-0.4, -0.2) is 72.6 Å². The number of nitrogens with one attached hydrogen (secondary N) is 2. The molecule has 0 radical (unpaired) electrons. The van der Waals surface area contributed by atoms with Gasteiger partial charge in [-0.25, -0.2) is 4.79 Å². The molecular formula is C25H36N4O6S. The summed E-state index contributed by atoms with van der Waals surface area (Å²) in [5, 5.41) is 14.6. The Morgan fingerprint density at radius 1 is 1.14 bits per heavy atom. The molecule has 0 saturated carbocycles. The number of nitriles is 1. The molecule has 10 nitrogen and oxygen atoms in total. The van der Waals surface area contributed by atoms with Crippen molar-refractivity contribution in [3.05, 3.63) is 34.9 Å². The highest BCUT2D eigenvalue weighted by atomic mass is 32.2. The molecule has 0 bridgehead atoms. The van der Waals surface area contributed by atoms with E-state index in [1.165, 1.54) is 18.9 Å². The maximum absolute atomic E-state index is 13.7. The molecule has 198 valence electrons. The lowest BCUT2D eigenvalue weighted by molar-refractivity contribution is -0.144. The second-order valence-corrected chi connectivity index (χ2v) is 10.2. The lowest BCUT2D eigenvalue weighted by Gasteiger charge is -2.33. The van der Waals surface area contributed by atoms with E-state index in [9.17, 15) is 24.4 Å². The molecule has 3 amide bonds. The summed E-state index contributed by atoms with van der Waals surface area (Å²) in [6.07, 6.45) is 1.34. The van der Waals surface area contributed by atoms with Crippen LogP contribution < -0.4 is 10.6 Å². The van der Waals surface area contributed by atoms with E-state index in [1.807, 2.05) is 32.2 Å². The molecule has 2 unspecified atom stereocenters. The number of esters is 1. The molecule has 1 aromatic rings. The maximum atomic E-state index is 13.7. The van der Waals surface area contributed by atoms with Gasteiger partial charge in [-0.15, -0.1) is 0 Å². The third-order valence-electron chi connectivity index (χ3n) is 4.88. The number of carbonyl (C=O) groups excluding carboxylic acids is 4. The van der Waals surface area contributed by atoms with Gasteiger partial charge in [-0.1, -0.05) is 29.3 Å². The number of aryl methyl sites for hydroxylation is 2.